The van der Waals surface area contributed by atoms with Crippen molar-refractivity contribution >= 4 is 11.9 Å². The Kier molecular flexibility index (Phi) is 5.87. The minimum absolute atomic E-state index is 0.154. The highest BCUT2D eigenvalue weighted by Crippen LogP contribution is 2.03. The van der Waals surface area contributed by atoms with Crippen molar-refractivity contribution in [3.8, 4) is 0 Å². The first-order chi connectivity index (χ1) is 8.63. The SMILES string of the molecule is COC(=O)[C@@H](CCC(N)=O)NCc1ccccc1. The maximum Gasteiger partial charge on any atom is 0.322 e. The number of nitrogens with two attached hydrogens (primary N) is 1. The summed E-state index contributed by atoms with van der Waals surface area (Å²) in [7, 11) is 1.32. The van der Waals surface area contributed by atoms with E-state index in [1.807, 2.05) is 30.3 Å². The molecule has 0 aliphatic heterocycles. The molecule has 0 saturated heterocycles. The van der Waals surface area contributed by atoms with E-state index in [9.17, 15) is 9.59 Å². The minimum atomic E-state index is -0.511. The Hall–Kier alpha value is -1.88. The van der Waals surface area contributed by atoms with Crippen molar-refractivity contribution in [2.45, 2.75) is 25.4 Å². The van der Waals surface area contributed by atoms with Crippen LogP contribution in [0.3, 0.4) is 0 Å². The molecule has 1 atom stereocenters. The van der Waals surface area contributed by atoms with Crippen LogP contribution in [0.25, 0.3) is 0 Å². The quantitative estimate of drug-likeness (QED) is 0.694. The van der Waals surface area contributed by atoms with Gasteiger partial charge in [-0.25, -0.2) is 0 Å². The standard InChI is InChI=1S/C13H18N2O3/c1-18-13(17)11(7-8-12(14)16)15-9-10-5-3-2-4-6-10/h2-6,11,15H,7-9H2,1H3,(H2,14,16)/t11-/m1/s1. The van der Waals surface area contributed by atoms with Crippen LogP contribution in [0.4, 0.5) is 0 Å². The molecule has 1 amide bonds. The predicted octanol–water partition coefficient (Wildman–Crippen LogP) is 0.583. The number of benzene rings is 1. The molecule has 0 saturated carbocycles. The molecule has 0 aliphatic carbocycles. The van der Waals surface area contributed by atoms with Gasteiger partial charge >= 0.3 is 5.97 Å². The zero-order chi connectivity index (χ0) is 13.4. The van der Waals surface area contributed by atoms with E-state index in [1.54, 1.807) is 0 Å². The average Bonchev–Trinajstić information content (AvgIpc) is 2.39. The van der Waals surface area contributed by atoms with Crippen molar-refractivity contribution in [1.29, 1.82) is 0 Å². The summed E-state index contributed by atoms with van der Waals surface area (Å²) in [5.74, 6) is -0.808. The second-order valence-corrected chi connectivity index (χ2v) is 3.95. The monoisotopic (exact) mass is 250 g/mol. The fourth-order valence-electron chi connectivity index (χ4n) is 1.57. The Bertz CT molecular complexity index is 392. The van der Waals surface area contributed by atoms with Crippen LogP contribution in [0, 0.1) is 0 Å². The van der Waals surface area contributed by atoms with Crippen molar-refractivity contribution in [3.05, 3.63) is 35.9 Å². The van der Waals surface area contributed by atoms with Crippen molar-refractivity contribution in [2.75, 3.05) is 7.11 Å². The minimum Gasteiger partial charge on any atom is -0.468 e. The van der Waals surface area contributed by atoms with Gasteiger partial charge in [-0.15, -0.1) is 0 Å². The third kappa shape index (κ3) is 4.97. The summed E-state index contributed by atoms with van der Waals surface area (Å²) >= 11 is 0. The van der Waals surface area contributed by atoms with Gasteiger partial charge in [-0.1, -0.05) is 30.3 Å². The molecule has 1 rings (SSSR count). The molecule has 5 nitrogen and oxygen atoms in total. The molecule has 1 aromatic carbocycles. The molecule has 0 aliphatic rings. The second kappa shape index (κ2) is 7.45. The number of rotatable bonds is 7. The normalized spacial score (nSPS) is 11.8. The van der Waals surface area contributed by atoms with Crippen LogP contribution in [0.5, 0.6) is 0 Å². The Labute approximate surface area is 106 Å². The van der Waals surface area contributed by atoms with Crippen molar-refractivity contribution in [1.82, 2.24) is 5.32 Å². The number of methoxy groups -OCH3 is 1. The van der Waals surface area contributed by atoms with Gasteiger partial charge in [-0.05, 0) is 12.0 Å². The molecule has 0 radical (unpaired) electrons. The lowest BCUT2D eigenvalue weighted by molar-refractivity contribution is -0.143. The molecule has 0 fully saturated rings. The second-order valence-electron chi connectivity index (χ2n) is 3.95. The van der Waals surface area contributed by atoms with E-state index in [0.717, 1.165) is 5.56 Å². The smallest absolute Gasteiger partial charge is 0.322 e. The number of esters is 1. The number of amides is 1. The maximum absolute atomic E-state index is 11.5. The lowest BCUT2D eigenvalue weighted by Crippen LogP contribution is -2.38. The maximum atomic E-state index is 11.5. The number of primary amides is 1. The van der Waals surface area contributed by atoms with Gasteiger partial charge in [-0.3, -0.25) is 9.59 Å². The Morgan fingerprint density at radius 2 is 2.00 bits per heavy atom. The van der Waals surface area contributed by atoms with Crippen molar-refractivity contribution in [2.24, 2.45) is 5.73 Å². The summed E-state index contributed by atoms with van der Waals surface area (Å²) in [6, 6.07) is 9.17. The topological polar surface area (TPSA) is 81.4 Å². The van der Waals surface area contributed by atoms with Crippen LogP contribution in [-0.2, 0) is 20.9 Å². The fraction of sp³-hybridized carbons (Fsp3) is 0.385. The average molecular weight is 250 g/mol. The van der Waals surface area contributed by atoms with E-state index in [4.69, 9.17) is 5.73 Å². The molecule has 0 bridgehead atoms. The summed E-state index contributed by atoms with van der Waals surface area (Å²) in [5.41, 5.74) is 6.13. The fourth-order valence-corrected chi connectivity index (χ4v) is 1.57. The van der Waals surface area contributed by atoms with Crippen LogP contribution in [0.1, 0.15) is 18.4 Å². The first kappa shape index (κ1) is 14.2. The highest BCUT2D eigenvalue weighted by molar-refractivity contribution is 5.78. The van der Waals surface area contributed by atoms with Gasteiger partial charge in [-0.2, -0.15) is 0 Å². The molecule has 0 heterocycles. The van der Waals surface area contributed by atoms with Gasteiger partial charge in [0.15, 0.2) is 0 Å². The van der Waals surface area contributed by atoms with Gasteiger partial charge in [0, 0.05) is 13.0 Å². The molecular formula is C13H18N2O3. The van der Waals surface area contributed by atoms with Crippen LogP contribution in [0.2, 0.25) is 0 Å². The highest BCUT2D eigenvalue weighted by Gasteiger charge is 2.18. The molecular weight excluding hydrogens is 232 g/mol. The molecule has 3 N–H and O–H groups in total. The Morgan fingerprint density at radius 3 is 2.56 bits per heavy atom. The molecule has 0 aromatic heterocycles. The molecule has 1 aromatic rings. The van der Waals surface area contributed by atoms with Crippen LogP contribution >= 0.6 is 0 Å². The van der Waals surface area contributed by atoms with E-state index in [2.05, 4.69) is 10.1 Å². The summed E-state index contributed by atoms with van der Waals surface area (Å²) < 4.78 is 4.68. The summed E-state index contributed by atoms with van der Waals surface area (Å²) in [4.78, 5) is 22.2. The van der Waals surface area contributed by atoms with E-state index in [1.165, 1.54) is 7.11 Å². The van der Waals surface area contributed by atoms with E-state index < -0.39 is 11.9 Å². The van der Waals surface area contributed by atoms with Gasteiger partial charge in [0.1, 0.15) is 6.04 Å². The van der Waals surface area contributed by atoms with Crippen LogP contribution in [0.15, 0.2) is 30.3 Å². The molecule has 5 heteroatoms. The lowest BCUT2D eigenvalue weighted by Gasteiger charge is -2.15. The summed E-state index contributed by atoms with van der Waals surface area (Å²) in [6.45, 7) is 0.541. The number of hydrogen-bond acceptors (Lipinski definition) is 4. The number of hydrogen-bond donors (Lipinski definition) is 2. The summed E-state index contributed by atoms with van der Waals surface area (Å²) in [5, 5.41) is 3.06. The predicted molar refractivity (Wildman–Crippen MR) is 67.5 cm³/mol. The van der Waals surface area contributed by atoms with Gasteiger partial charge in [0.2, 0.25) is 5.91 Å². The van der Waals surface area contributed by atoms with Crippen molar-refractivity contribution < 1.29 is 14.3 Å². The number of carbonyl (C=O) groups is 2. The van der Waals surface area contributed by atoms with E-state index >= 15 is 0 Å². The highest BCUT2D eigenvalue weighted by atomic mass is 16.5. The number of carbonyl (C=O) groups excluding carboxylic acids is 2. The first-order valence-electron chi connectivity index (χ1n) is 5.77. The van der Waals surface area contributed by atoms with Gasteiger partial charge < -0.3 is 15.8 Å². The largest absolute Gasteiger partial charge is 0.468 e. The van der Waals surface area contributed by atoms with E-state index in [-0.39, 0.29) is 12.4 Å². The Balaban J connectivity index is 2.50. The van der Waals surface area contributed by atoms with Gasteiger partial charge in [0.05, 0.1) is 7.11 Å². The number of ether oxygens (including phenoxy) is 1. The zero-order valence-electron chi connectivity index (χ0n) is 10.4. The first-order valence-corrected chi connectivity index (χ1v) is 5.77. The molecule has 0 unspecified atom stereocenters. The third-order valence-corrected chi connectivity index (χ3v) is 2.56. The molecule has 98 valence electrons. The number of nitrogens with one attached hydrogen (secondary N) is 1. The summed E-state index contributed by atoms with van der Waals surface area (Å²) in [6.07, 6.45) is 0.496. The molecule has 18 heavy (non-hydrogen) atoms. The Morgan fingerprint density at radius 1 is 1.33 bits per heavy atom. The third-order valence-electron chi connectivity index (χ3n) is 2.56. The van der Waals surface area contributed by atoms with Crippen molar-refractivity contribution in [3.63, 3.8) is 0 Å². The van der Waals surface area contributed by atoms with Gasteiger partial charge in [0.25, 0.3) is 0 Å². The van der Waals surface area contributed by atoms with E-state index in [0.29, 0.717) is 13.0 Å². The molecule has 0 spiro atoms. The lowest BCUT2D eigenvalue weighted by atomic mass is 10.1. The zero-order valence-corrected chi connectivity index (χ0v) is 10.4. The van der Waals surface area contributed by atoms with Crippen LogP contribution < -0.4 is 11.1 Å². The van der Waals surface area contributed by atoms with Crippen LogP contribution in [-0.4, -0.2) is 25.0 Å².